The van der Waals surface area contributed by atoms with Gasteiger partial charge in [-0.2, -0.15) is 0 Å². The van der Waals surface area contributed by atoms with Crippen LogP contribution in [0, 0.1) is 0 Å². The number of likely N-dealkylation sites (tertiary alicyclic amines) is 1. The van der Waals surface area contributed by atoms with Crippen LogP contribution in [0.25, 0.3) is 0 Å². The molecule has 1 aromatic heterocycles. The number of rotatable bonds is 4. The molecule has 1 aromatic rings. The number of hydrogen-bond donors (Lipinski definition) is 1. The summed E-state index contributed by atoms with van der Waals surface area (Å²) in [5.74, 6) is 0. The maximum atomic E-state index is 5.88. The third-order valence-corrected chi connectivity index (χ3v) is 3.27. The van der Waals surface area contributed by atoms with Gasteiger partial charge in [0.1, 0.15) is 0 Å². The molecule has 16 heavy (non-hydrogen) atoms. The summed E-state index contributed by atoms with van der Waals surface area (Å²) in [4.78, 5) is 6.86. The van der Waals surface area contributed by atoms with E-state index in [1.165, 1.54) is 31.7 Å². The Morgan fingerprint density at radius 1 is 1.31 bits per heavy atom. The van der Waals surface area contributed by atoms with Crippen LogP contribution >= 0.6 is 0 Å². The van der Waals surface area contributed by atoms with Crippen LogP contribution in [0.1, 0.15) is 25.0 Å². The van der Waals surface area contributed by atoms with Crippen molar-refractivity contribution >= 4 is 0 Å². The van der Waals surface area contributed by atoms with Crippen LogP contribution in [0.2, 0.25) is 0 Å². The lowest BCUT2D eigenvalue weighted by Crippen LogP contribution is -2.40. The van der Waals surface area contributed by atoms with Crippen LogP contribution in [0.15, 0.2) is 24.4 Å². The smallest absolute Gasteiger partial charge is 0.0404 e. The van der Waals surface area contributed by atoms with Gasteiger partial charge in [0.25, 0.3) is 0 Å². The van der Waals surface area contributed by atoms with Gasteiger partial charge in [0.05, 0.1) is 0 Å². The van der Waals surface area contributed by atoms with Crippen LogP contribution in [0.5, 0.6) is 0 Å². The largest absolute Gasteiger partial charge is 0.328 e. The standard InChI is InChI=1S/C13H21N3/c14-12-6-10-16(11-7-12)9-3-5-13-4-1-2-8-15-13/h1-2,4,8,12H,3,5-7,9-11,14H2. The van der Waals surface area contributed by atoms with Crippen LogP contribution in [-0.2, 0) is 6.42 Å². The normalized spacial score (nSPS) is 18.8. The number of pyridine rings is 1. The summed E-state index contributed by atoms with van der Waals surface area (Å²) in [5.41, 5.74) is 7.08. The second-order valence-electron chi connectivity index (χ2n) is 4.60. The lowest BCUT2D eigenvalue weighted by atomic mass is 10.1. The van der Waals surface area contributed by atoms with Gasteiger partial charge in [-0.3, -0.25) is 4.98 Å². The summed E-state index contributed by atoms with van der Waals surface area (Å²) < 4.78 is 0. The Balaban J connectivity index is 1.65. The van der Waals surface area contributed by atoms with Crippen molar-refractivity contribution in [3.05, 3.63) is 30.1 Å². The molecular weight excluding hydrogens is 198 g/mol. The topological polar surface area (TPSA) is 42.1 Å². The average molecular weight is 219 g/mol. The maximum absolute atomic E-state index is 5.88. The van der Waals surface area contributed by atoms with Crippen molar-refractivity contribution < 1.29 is 0 Å². The number of hydrogen-bond acceptors (Lipinski definition) is 3. The molecule has 2 heterocycles. The van der Waals surface area contributed by atoms with Gasteiger partial charge in [0, 0.05) is 17.9 Å². The third-order valence-electron chi connectivity index (χ3n) is 3.27. The molecule has 0 saturated carbocycles. The van der Waals surface area contributed by atoms with E-state index in [0.29, 0.717) is 6.04 Å². The summed E-state index contributed by atoms with van der Waals surface area (Å²) in [6.07, 6.45) is 6.47. The molecule has 1 fully saturated rings. The predicted octanol–water partition coefficient (Wildman–Crippen LogP) is 1.44. The van der Waals surface area contributed by atoms with Crippen molar-refractivity contribution in [3.8, 4) is 0 Å². The number of piperidine rings is 1. The molecule has 1 saturated heterocycles. The van der Waals surface area contributed by atoms with E-state index in [-0.39, 0.29) is 0 Å². The van der Waals surface area contributed by atoms with Crippen molar-refractivity contribution in [2.75, 3.05) is 19.6 Å². The zero-order valence-corrected chi connectivity index (χ0v) is 9.81. The quantitative estimate of drug-likeness (QED) is 0.833. The molecule has 0 radical (unpaired) electrons. The Morgan fingerprint density at radius 3 is 2.81 bits per heavy atom. The van der Waals surface area contributed by atoms with Crippen molar-refractivity contribution in [1.29, 1.82) is 0 Å². The fraction of sp³-hybridized carbons (Fsp3) is 0.615. The molecule has 0 unspecified atom stereocenters. The zero-order valence-electron chi connectivity index (χ0n) is 9.81. The molecule has 0 amide bonds. The minimum absolute atomic E-state index is 0.437. The first kappa shape index (κ1) is 11.6. The molecule has 0 atom stereocenters. The highest BCUT2D eigenvalue weighted by Gasteiger charge is 2.14. The summed E-state index contributed by atoms with van der Waals surface area (Å²) in [6.45, 7) is 3.52. The van der Waals surface area contributed by atoms with E-state index in [0.717, 1.165) is 19.3 Å². The highest BCUT2D eigenvalue weighted by molar-refractivity contribution is 5.03. The van der Waals surface area contributed by atoms with Gasteiger partial charge in [-0.15, -0.1) is 0 Å². The number of aromatic nitrogens is 1. The molecule has 2 rings (SSSR count). The molecule has 1 aliphatic heterocycles. The lowest BCUT2D eigenvalue weighted by Gasteiger charge is -2.29. The number of aryl methyl sites for hydroxylation is 1. The minimum atomic E-state index is 0.437. The second-order valence-corrected chi connectivity index (χ2v) is 4.60. The molecule has 3 nitrogen and oxygen atoms in total. The van der Waals surface area contributed by atoms with E-state index in [2.05, 4.69) is 22.0 Å². The SMILES string of the molecule is NC1CCN(CCCc2ccccn2)CC1. The zero-order chi connectivity index (χ0) is 11.2. The Morgan fingerprint density at radius 2 is 2.12 bits per heavy atom. The van der Waals surface area contributed by atoms with E-state index < -0.39 is 0 Å². The number of nitrogens with two attached hydrogens (primary N) is 1. The minimum Gasteiger partial charge on any atom is -0.328 e. The molecule has 0 spiro atoms. The monoisotopic (exact) mass is 219 g/mol. The molecule has 3 heteroatoms. The Bertz CT molecular complexity index is 291. The first-order valence-corrected chi connectivity index (χ1v) is 6.22. The van der Waals surface area contributed by atoms with E-state index in [4.69, 9.17) is 5.73 Å². The van der Waals surface area contributed by atoms with Crippen molar-refractivity contribution in [2.45, 2.75) is 31.7 Å². The summed E-state index contributed by atoms with van der Waals surface area (Å²) >= 11 is 0. The van der Waals surface area contributed by atoms with Crippen LogP contribution in [0.3, 0.4) is 0 Å². The first-order valence-electron chi connectivity index (χ1n) is 6.22. The molecule has 2 N–H and O–H groups in total. The van der Waals surface area contributed by atoms with Crippen LogP contribution in [0.4, 0.5) is 0 Å². The Labute approximate surface area is 97.7 Å². The van der Waals surface area contributed by atoms with Gasteiger partial charge in [0.15, 0.2) is 0 Å². The molecule has 0 aliphatic carbocycles. The molecule has 1 aliphatic rings. The lowest BCUT2D eigenvalue weighted by molar-refractivity contribution is 0.211. The van der Waals surface area contributed by atoms with Gasteiger partial charge in [0.2, 0.25) is 0 Å². The van der Waals surface area contributed by atoms with E-state index in [1.807, 2.05) is 12.3 Å². The van der Waals surface area contributed by atoms with E-state index in [1.54, 1.807) is 0 Å². The second kappa shape index (κ2) is 5.97. The van der Waals surface area contributed by atoms with Gasteiger partial charge < -0.3 is 10.6 Å². The Hall–Kier alpha value is -0.930. The summed E-state index contributed by atoms with van der Waals surface area (Å²) in [7, 11) is 0. The molecular formula is C13H21N3. The summed E-state index contributed by atoms with van der Waals surface area (Å²) in [5, 5.41) is 0. The van der Waals surface area contributed by atoms with E-state index in [9.17, 15) is 0 Å². The predicted molar refractivity (Wildman–Crippen MR) is 66.2 cm³/mol. The van der Waals surface area contributed by atoms with E-state index >= 15 is 0 Å². The maximum Gasteiger partial charge on any atom is 0.0404 e. The molecule has 88 valence electrons. The highest BCUT2D eigenvalue weighted by atomic mass is 15.1. The Kier molecular flexibility index (Phi) is 4.31. The molecule has 0 aromatic carbocycles. The average Bonchev–Trinajstić information content (AvgIpc) is 2.33. The number of nitrogens with zero attached hydrogens (tertiary/aromatic N) is 2. The first-order chi connectivity index (χ1) is 7.84. The highest BCUT2D eigenvalue weighted by Crippen LogP contribution is 2.09. The van der Waals surface area contributed by atoms with Gasteiger partial charge >= 0.3 is 0 Å². The van der Waals surface area contributed by atoms with Gasteiger partial charge in [-0.25, -0.2) is 0 Å². The third kappa shape index (κ3) is 3.58. The summed E-state index contributed by atoms with van der Waals surface area (Å²) in [6, 6.07) is 6.57. The van der Waals surface area contributed by atoms with Gasteiger partial charge in [-0.05, 0) is 57.5 Å². The van der Waals surface area contributed by atoms with Crippen LogP contribution in [-0.4, -0.2) is 35.6 Å². The molecule has 0 bridgehead atoms. The van der Waals surface area contributed by atoms with Crippen LogP contribution < -0.4 is 5.73 Å². The fourth-order valence-corrected chi connectivity index (χ4v) is 2.21. The fourth-order valence-electron chi connectivity index (χ4n) is 2.21. The van der Waals surface area contributed by atoms with Crippen molar-refractivity contribution in [3.63, 3.8) is 0 Å². The van der Waals surface area contributed by atoms with Crippen molar-refractivity contribution in [1.82, 2.24) is 9.88 Å². The van der Waals surface area contributed by atoms with Gasteiger partial charge in [-0.1, -0.05) is 6.07 Å². The van der Waals surface area contributed by atoms with Crippen molar-refractivity contribution in [2.24, 2.45) is 5.73 Å².